The van der Waals surface area contributed by atoms with Gasteiger partial charge in [0, 0.05) is 22.8 Å². The van der Waals surface area contributed by atoms with Crippen LogP contribution in [0.15, 0.2) is 23.1 Å². The van der Waals surface area contributed by atoms with Crippen molar-refractivity contribution < 1.29 is 4.74 Å². The van der Waals surface area contributed by atoms with Crippen molar-refractivity contribution in [3.63, 3.8) is 0 Å². The highest BCUT2D eigenvalue weighted by Crippen LogP contribution is 2.31. The highest BCUT2D eigenvalue weighted by molar-refractivity contribution is 8.00. The molecule has 1 aliphatic heterocycles. The summed E-state index contributed by atoms with van der Waals surface area (Å²) in [5.74, 6) is 0. The topological polar surface area (TPSA) is 21.3 Å². The van der Waals surface area contributed by atoms with E-state index in [2.05, 4.69) is 44.3 Å². The van der Waals surface area contributed by atoms with Gasteiger partial charge in [-0.1, -0.05) is 24.6 Å². The van der Waals surface area contributed by atoms with Gasteiger partial charge in [-0.25, -0.2) is 0 Å². The van der Waals surface area contributed by atoms with Gasteiger partial charge in [0.2, 0.25) is 0 Å². The Bertz CT molecular complexity index is 392. The first-order valence-corrected chi connectivity index (χ1v) is 7.63. The molecule has 1 fully saturated rings. The van der Waals surface area contributed by atoms with Crippen LogP contribution in [-0.2, 0) is 4.74 Å². The fourth-order valence-electron chi connectivity index (χ4n) is 2.42. The molecule has 1 aromatic rings. The molecule has 0 saturated carbocycles. The Morgan fingerprint density at radius 2 is 2.22 bits per heavy atom. The fourth-order valence-corrected chi connectivity index (χ4v) is 3.70. The molecule has 2 nitrogen and oxygen atoms in total. The second-order valence-corrected chi connectivity index (χ2v) is 6.23. The van der Waals surface area contributed by atoms with Crippen molar-refractivity contribution in [1.29, 1.82) is 0 Å². The van der Waals surface area contributed by atoms with Crippen molar-refractivity contribution in [3.05, 3.63) is 29.3 Å². The molecule has 1 N–H and O–H groups in total. The number of hydrogen-bond donors (Lipinski definition) is 1. The van der Waals surface area contributed by atoms with Crippen molar-refractivity contribution in [3.8, 4) is 0 Å². The maximum Gasteiger partial charge on any atom is 0.0603 e. The van der Waals surface area contributed by atoms with Crippen LogP contribution in [0.4, 0.5) is 0 Å². The van der Waals surface area contributed by atoms with Crippen LogP contribution < -0.4 is 5.32 Å². The van der Waals surface area contributed by atoms with E-state index in [9.17, 15) is 0 Å². The summed E-state index contributed by atoms with van der Waals surface area (Å²) in [6, 6.07) is 7.28. The summed E-state index contributed by atoms with van der Waals surface area (Å²) in [4.78, 5) is 1.39. The predicted molar refractivity (Wildman–Crippen MR) is 78.5 cm³/mol. The number of ether oxygens (including phenoxy) is 1. The van der Waals surface area contributed by atoms with Crippen LogP contribution in [0, 0.1) is 13.8 Å². The lowest BCUT2D eigenvalue weighted by Gasteiger charge is -2.32. The molecular formula is C15H23NOS. The van der Waals surface area contributed by atoms with Crippen molar-refractivity contribution in [2.75, 3.05) is 19.8 Å². The molecular weight excluding hydrogens is 242 g/mol. The average molecular weight is 265 g/mol. The van der Waals surface area contributed by atoms with Crippen LogP contribution in [0.5, 0.6) is 0 Å². The Labute approximate surface area is 114 Å². The smallest absolute Gasteiger partial charge is 0.0603 e. The summed E-state index contributed by atoms with van der Waals surface area (Å²) in [6.07, 6.45) is 1.12. The molecule has 3 heteroatoms. The SMILES string of the molecule is CCNC1CCOCC1Sc1ccc(C)cc1C. The van der Waals surface area contributed by atoms with Gasteiger partial charge in [-0.2, -0.15) is 0 Å². The van der Waals surface area contributed by atoms with E-state index in [4.69, 9.17) is 4.74 Å². The first-order chi connectivity index (χ1) is 8.70. The number of rotatable bonds is 4. The maximum atomic E-state index is 5.63. The number of thioether (sulfide) groups is 1. The van der Waals surface area contributed by atoms with Gasteiger partial charge in [-0.3, -0.25) is 0 Å². The van der Waals surface area contributed by atoms with Crippen LogP contribution in [0.3, 0.4) is 0 Å². The highest BCUT2D eigenvalue weighted by Gasteiger charge is 2.26. The van der Waals surface area contributed by atoms with Crippen LogP contribution in [-0.4, -0.2) is 31.1 Å². The van der Waals surface area contributed by atoms with E-state index >= 15 is 0 Å². The monoisotopic (exact) mass is 265 g/mol. The zero-order valence-corrected chi connectivity index (χ0v) is 12.3. The van der Waals surface area contributed by atoms with Gasteiger partial charge in [0.05, 0.1) is 6.61 Å². The van der Waals surface area contributed by atoms with Gasteiger partial charge in [0.25, 0.3) is 0 Å². The Morgan fingerprint density at radius 3 is 2.94 bits per heavy atom. The lowest BCUT2D eigenvalue weighted by atomic mass is 10.1. The zero-order valence-electron chi connectivity index (χ0n) is 11.5. The summed E-state index contributed by atoms with van der Waals surface area (Å²) in [5.41, 5.74) is 2.71. The molecule has 1 heterocycles. The molecule has 0 spiro atoms. The average Bonchev–Trinajstić information content (AvgIpc) is 2.35. The third-order valence-corrected chi connectivity index (χ3v) is 4.86. The summed E-state index contributed by atoms with van der Waals surface area (Å²) >= 11 is 1.96. The third-order valence-electron chi connectivity index (χ3n) is 3.38. The van der Waals surface area contributed by atoms with E-state index < -0.39 is 0 Å². The van der Waals surface area contributed by atoms with Crippen molar-refractivity contribution >= 4 is 11.8 Å². The number of benzene rings is 1. The lowest BCUT2D eigenvalue weighted by Crippen LogP contribution is -2.44. The van der Waals surface area contributed by atoms with E-state index in [1.54, 1.807) is 0 Å². The van der Waals surface area contributed by atoms with Crippen LogP contribution in [0.25, 0.3) is 0 Å². The van der Waals surface area contributed by atoms with Crippen molar-refractivity contribution in [2.45, 2.75) is 43.4 Å². The lowest BCUT2D eigenvalue weighted by molar-refractivity contribution is 0.0837. The molecule has 18 heavy (non-hydrogen) atoms. The molecule has 2 rings (SSSR count). The number of aryl methyl sites for hydroxylation is 2. The summed E-state index contributed by atoms with van der Waals surface area (Å²) in [5, 5.41) is 4.11. The Morgan fingerprint density at radius 1 is 1.39 bits per heavy atom. The van der Waals surface area contributed by atoms with E-state index in [1.165, 1.54) is 16.0 Å². The van der Waals surface area contributed by atoms with Gasteiger partial charge >= 0.3 is 0 Å². The minimum atomic E-state index is 0.528. The third kappa shape index (κ3) is 3.50. The fraction of sp³-hybridized carbons (Fsp3) is 0.600. The van der Waals surface area contributed by atoms with E-state index in [0.29, 0.717) is 11.3 Å². The molecule has 0 radical (unpaired) electrons. The molecule has 1 saturated heterocycles. The predicted octanol–water partition coefficient (Wildman–Crippen LogP) is 3.16. The quantitative estimate of drug-likeness (QED) is 0.903. The molecule has 0 aliphatic carbocycles. The summed E-state index contributed by atoms with van der Waals surface area (Å²) < 4.78 is 5.63. The van der Waals surface area contributed by atoms with E-state index in [0.717, 1.165) is 26.2 Å². The first-order valence-electron chi connectivity index (χ1n) is 6.75. The van der Waals surface area contributed by atoms with Gasteiger partial charge in [0.1, 0.15) is 0 Å². The zero-order chi connectivity index (χ0) is 13.0. The Balaban J connectivity index is 2.06. The van der Waals surface area contributed by atoms with Crippen molar-refractivity contribution in [2.24, 2.45) is 0 Å². The molecule has 0 amide bonds. The van der Waals surface area contributed by atoms with Gasteiger partial charge in [-0.05, 0) is 38.4 Å². The number of hydrogen-bond acceptors (Lipinski definition) is 3. The Hall–Kier alpha value is -0.510. The van der Waals surface area contributed by atoms with Crippen LogP contribution in [0.1, 0.15) is 24.5 Å². The largest absolute Gasteiger partial charge is 0.380 e. The maximum absolute atomic E-state index is 5.63. The molecule has 2 atom stereocenters. The summed E-state index contributed by atoms with van der Waals surface area (Å²) in [6.45, 7) is 9.30. The molecule has 0 aromatic heterocycles. The van der Waals surface area contributed by atoms with Gasteiger partial charge < -0.3 is 10.1 Å². The van der Waals surface area contributed by atoms with E-state index in [1.807, 2.05) is 11.8 Å². The molecule has 1 aromatic carbocycles. The standard InChI is InChI=1S/C15H23NOS/c1-4-16-13-7-8-17-10-15(13)18-14-6-5-11(2)9-12(14)3/h5-6,9,13,15-16H,4,7-8,10H2,1-3H3. The molecule has 2 unspecified atom stereocenters. The molecule has 1 aliphatic rings. The van der Waals surface area contributed by atoms with Crippen LogP contribution in [0.2, 0.25) is 0 Å². The minimum absolute atomic E-state index is 0.528. The molecule has 0 bridgehead atoms. The normalized spacial score (nSPS) is 24.2. The van der Waals surface area contributed by atoms with Gasteiger partial charge in [-0.15, -0.1) is 11.8 Å². The minimum Gasteiger partial charge on any atom is -0.380 e. The second kappa shape index (κ2) is 6.60. The van der Waals surface area contributed by atoms with Crippen molar-refractivity contribution in [1.82, 2.24) is 5.32 Å². The van der Waals surface area contributed by atoms with E-state index in [-0.39, 0.29) is 0 Å². The first kappa shape index (κ1) is 13.9. The number of nitrogens with one attached hydrogen (secondary N) is 1. The molecule has 100 valence electrons. The van der Waals surface area contributed by atoms with Crippen LogP contribution >= 0.6 is 11.8 Å². The van der Waals surface area contributed by atoms with Gasteiger partial charge in [0.15, 0.2) is 0 Å². The second-order valence-electron chi connectivity index (χ2n) is 4.95. The highest BCUT2D eigenvalue weighted by atomic mass is 32.2. The Kier molecular flexibility index (Phi) is 5.10. The summed E-state index contributed by atoms with van der Waals surface area (Å²) in [7, 11) is 0.